The van der Waals surface area contributed by atoms with Gasteiger partial charge in [0, 0.05) is 0 Å². The molecule has 0 saturated carbocycles. The van der Waals surface area contributed by atoms with Crippen molar-refractivity contribution >= 4 is 5.97 Å². The minimum Gasteiger partial charge on any atom is -0.465 e. The molecule has 108 valence electrons. The van der Waals surface area contributed by atoms with Crippen molar-refractivity contribution in [2.24, 2.45) is 0 Å². The van der Waals surface area contributed by atoms with E-state index in [9.17, 15) is 26.7 Å². The second-order valence-electron chi connectivity index (χ2n) is 3.37. The Balaban J connectivity index is 3.54. The Labute approximate surface area is 109 Å². The number of carbonyl (C=O) groups is 1. The van der Waals surface area contributed by atoms with Gasteiger partial charge in [-0.15, -0.1) is 0 Å². The van der Waals surface area contributed by atoms with Crippen LogP contribution in [-0.2, 0) is 10.9 Å². The Morgan fingerprint density at radius 3 is 2.35 bits per heavy atom. The van der Waals surface area contributed by atoms with Crippen LogP contribution in [-0.4, -0.2) is 19.7 Å². The van der Waals surface area contributed by atoms with Crippen LogP contribution in [0, 0.1) is 11.3 Å². The zero-order valence-corrected chi connectivity index (χ0v) is 9.79. The molecular formula is C11H6F5NO3. The summed E-state index contributed by atoms with van der Waals surface area (Å²) in [6, 6.07) is 1.94. The molecule has 1 aromatic carbocycles. The van der Waals surface area contributed by atoms with Gasteiger partial charge in [-0.25, -0.2) is 4.79 Å². The van der Waals surface area contributed by atoms with Crippen molar-refractivity contribution in [3.8, 4) is 11.8 Å². The fourth-order valence-corrected chi connectivity index (χ4v) is 1.37. The van der Waals surface area contributed by atoms with Crippen LogP contribution in [0.3, 0.4) is 0 Å². The molecule has 0 aliphatic carbocycles. The summed E-state index contributed by atoms with van der Waals surface area (Å²) in [5.74, 6) is -2.23. The van der Waals surface area contributed by atoms with Crippen LogP contribution >= 0.6 is 0 Å². The number of esters is 1. The van der Waals surface area contributed by atoms with E-state index >= 15 is 0 Å². The van der Waals surface area contributed by atoms with Gasteiger partial charge in [0.1, 0.15) is 11.8 Å². The third-order valence-corrected chi connectivity index (χ3v) is 2.17. The molecule has 0 bridgehead atoms. The van der Waals surface area contributed by atoms with Crippen molar-refractivity contribution in [3.05, 3.63) is 28.8 Å². The number of hydrogen-bond donors (Lipinski definition) is 0. The minimum atomic E-state index is -4.96. The van der Waals surface area contributed by atoms with Gasteiger partial charge in [0.15, 0.2) is 0 Å². The normalized spacial score (nSPS) is 11.1. The van der Waals surface area contributed by atoms with Gasteiger partial charge in [0.05, 0.1) is 23.8 Å². The van der Waals surface area contributed by atoms with E-state index in [2.05, 4.69) is 9.47 Å². The molecule has 0 N–H and O–H groups in total. The number of ether oxygens (including phenoxy) is 2. The third kappa shape index (κ3) is 3.34. The van der Waals surface area contributed by atoms with Crippen molar-refractivity contribution in [3.63, 3.8) is 0 Å². The highest BCUT2D eigenvalue weighted by Gasteiger charge is 2.37. The molecule has 0 radical (unpaired) electrons. The second kappa shape index (κ2) is 5.73. The SMILES string of the molecule is COC(=O)c1cc(OC(F)F)c(C#N)cc1C(F)(F)F. The molecule has 0 aromatic heterocycles. The number of methoxy groups -OCH3 is 1. The molecule has 9 heteroatoms. The van der Waals surface area contributed by atoms with Gasteiger partial charge in [-0.3, -0.25) is 0 Å². The Morgan fingerprint density at radius 2 is 1.95 bits per heavy atom. The summed E-state index contributed by atoms with van der Waals surface area (Å²) in [6.07, 6.45) is -4.96. The Morgan fingerprint density at radius 1 is 1.35 bits per heavy atom. The number of benzene rings is 1. The number of halogens is 5. The summed E-state index contributed by atoms with van der Waals surface area (Å²) in [5.41, 5.74) is -3.26. The zero-order chi connectivity index (χ0) is 15.5. The van der Waals surface area contributed by atoms with Crippen molar-refractivity contribution < 1.29 is 36.2 Å². The molecule has 0 amide bonds. The highest BCUT2D eigenvalue weighted by Crippen LogP contribution is 2.36. The number of carbonyl (C=O) groups excluding carboxylic acids is 1. The summed E-state index contributed by atoms with van der Waals surface area (Å²) in [7, 11) is 0.828. The fraction of sp³-hybridized carbons (Fsp3) is 0.273. The molecule has 0 aliphatic heterocycles. The molecule has 4 nitrogen and oxygen atoms in total. The predicted octanol–water partition coefficient (Wildman–Crippen LogP) is 2.97. The molecule has 0 fully saturated rings. The lowest BCUT2D eigenvalue weighted by atomic mass is 10.0. The van der Waals surface area contributed by atoms with E-state index in [4.69, 9.17) is 5.26 Å². The average molecular weight is 295 g/mol. The van der Waals surface area contributed by atoms with Crippen molar-refractivity contribution in [2.45, 2.75) is 12.8 Å². The largest absolute Gasteiger partial charge is 0.465 e. The van der Waals surface area contributed by atoms with E-state index in [1.165, 1.54) is 6.07 Å². The average Bonchev–Trinajstić information content (AvgIpc) is 2.35. The van der Waals surface area contributed by atoms with Crippen LogP contribution in [0.1, 0.15) is 21.5 Å². The summed E-state index contributed by atoms with van der Waals surface area (Å²) in [6.45, 7) is -3.36. The molecule has 0 heterocycles. The molecule has 0 spiro atoms. The molecule has 0 atom stereocenters. The number of rotatable bonds is 3. The van der Waals surface area contributed by atoms with E-state index in [1.54, 1.807) is 0 Å². The number of hydrogen-bond acceptors (Lipinski definition) is 4. The minimum absolute atomic E-state index is 0.254. The van der Waals surface area contributed by atoms with Gasteiger partial charge in [-0.2, -0.15) is 27.2 Å². The van der Waals surface area contributed by atoms with E-state index in [-0.39, 0.29) is 6.07 Å². The van der Waals surface area contributed by atoms with Crippen LogP contribution < -0.4 is 4.74 Å². The number of alkyl halides is 5. The Hall–Kier alpha value is -2.37. The van der Waals surface area contributed by atoms with Crippen molar-refractivity contribution in [1.82, 2.24) is 0 Å². The van der Waals surface area contributed by atoms with Gasteiger partial charge in [-0.1, -0.05) is 0 Å². The summed E-state index contributed by atoms with van der Waals surface area (Å²) in [4.78, 5) is 11.3. The first-order valence-electron chi connectivity index (χ1n) is 4.89. The van der Waals surface area contributed by atoms with Crippen LogP contribution in [0.4, 0.5) is 22.0 Å². The highest BCUT2D eigenvalue weighted by atomic mass is 19.4. The van der Waals surface area contributed by atoms with Gasteiger partial charge < -0.3 is 9.47 Å². The quantitative estimate of drug-likeness (QED) is 0.635. The van der Waals surface area contributed by atoms with Gasteiger partial charge in [-0.05, 0) is 12.1 Å². The first-order chi connectivity index (χ1) is 9.20. The second-order valence-corrected chi connectivity index (χ2v) is 3.37. The Bertz CT molecular complexity index is 562. The molecule has 20 heavy (non-hydrogen) atoms. The summed E-state index contributed by atoms with van der Waals surface area (Å²) < 4.78 is 70.5. The van der Waals surface area contributed by atoms with Gasteiger partial charge >= 0.3 is 18.8 Å². The first kappa shape index (κ1) is 15.7. The fourth-order valence-electron chi connectivity index (χ4n) is 1.37. The zero-order valence-electron chi connectivity index (χ0n) is 9.79. The lowest BCUT2D eigenvalue weighted by Crippen LogP contribution is -2.16. The van der Waals surface area contributed by atoms with Crippen LogP contribution in [0.25, 0.3) is 0 Å². The van der Waals surface area contributed by atoms with E-state index in [0.29, 0.717) is 6.07 Å². The lowest BCUT2D eigenvalue weighted by Gasteiger charge is -2.14. The maximum absolute atomic E-state index is 12.7. The summed E-state index contributed by atoms with van der Waals surface area (Å²) in [5, 5.41) is 8.65. The van der Waals surface area contributed by atoms with E-state index < -0.39 is 41.2 Å². The van der Waals surface area contributed by atoms with Crippen LogP contribution in [0.2, 0.25) is 0 Å². The summed E-state index contributed by atoms with van der Waals surface area (Å²) >= 11 is 0. The smallest absolute Gasteiger partial charge is 0.417 e. The predicted molar refractivity (Wildman–Crippen MR) is 54.1 cm³/mol. The maximum Gasteiger partial charge on any atom is 0.417 e. The van der Waals surface area contributed by atoms with Crippen LogP contribution in [0.5, 0.6) is 5.75 Å². The Kier molecular flexibility index (Phi) is 4.49. The molecule has 1 aromatic rings. The molecule has 1 rings (SSSR count). The highest BCUT2D eigenvalue weighted by molar-refractivity contribution is 5.92. The standard InChI is InChI=1S/C11H6F5NO3/c1-19-9(18)6-3-8(20-10(12)13)5(4-17)2-7(6)11(14,15)16/h2-3,10H,1H3. The maximum atomic E-state index is 12.7. The number of nitriles is 1. The molecule has 0 aliphatic rings. The number of nitrogens with zero attached hydrogens (tertiary/aromatic N) is 1. The van der Waals surface area contributed by atoms with Crippen LogP contribution in [0.15, 0.2) is 12.1 Å². The van der Waals surface area contributed by atoms with Crippen molar-refractivity contribution in [2.75, 3.05) is 7.11 Å². The third-order valence-electron chi connectivity index (χ3n) is 2.17. The molecule has 0 saturated heterocycles. The van der Waals surface area contributed by atoms with Gasteiger partial charge in [0.2, 0.25) is 0 Å². The topological polar surface area (TPSA) is 59.3 Å². The monoisotopic (exact) mass is 295 g/mol. The van der Waals surface area contributed by atoms with E-state index in [1.807, 2.05) is 0 Å². The molecule has 0 unspecified atom stereocenters. The van der Waals surface area contributed by atoms with Crippen molar-refractivity contribution in [1.29, 1.82) is 5.26 Å². The van der Waals surface area contributed by atoms with Gasteiger partial charge in [0.25, 0.3) is 0 Å². The molecular weight excluding hydrogens is 289 g/mol. The van der Waals surface area contributed by atoms with E-state index in [0.717, 1.165) is 7.11 Å². The lowest BCUT2D eigenvalue weighted by molar-refractivity contribution is -0.138. The first-order valence-corrected chi connectivity index (χ1v) is 4.89.